The molecule has 3 N–H and O–H groups in total. The number of nitrogens with two attached hydrogens (primary N) is 1. The molecule has 1 unspecified atom stereocenters. The average Bonchev–Trinajstić information content (AvgIpc) is 2.11. The molecule has 0 aliphatic rings. The van der Waals surface area contributed by atoms with Crippen molar-refractivity contribution in [2.75, 3.05) is 7.05 Å². The highest BCUT2D eigenvalue weighted by atomic mass is 14.8. The van der Waals surface area contributed by atoms with Gasteiger partial charge in [-0.05, 0) is 37.1 Å². The lowest BCUT2D eigenvalue weighted by Gasteiger charge is -2.10. The SMILES string of the molecule is CCC(C)/C(N)=C(C)/C=C\NC. The van der Waals surface area contributed by atoms with E-state index in [-0.39, 0.29) is 0 Å². The van der Waals surface area contributed by atoms with Gasteiger partial charge in [-0.1, -0.05) is 13.8 Å². The summed E-state index contributed by atoms with van der Waals surface area (Å²) < 4.78 is 0. The first-order chi connectivity index (χ1) is 5.63. The van der Waals surface area contributed by atoms with Gasteiger partial charge in [-0.15, -0.1) is 0 Å². The van der Waals surface area contributed by atoms with Crippen molar-refractivity contribution in [1.29, 1.82) is 0 Å². The van der Waals surface area contributed by atoms with E-state index in [9.17, 15) is 0 Å². The Hall–Kier alpha value is -0.920. The Morgan fingerprint density at radius 1 is 1.58 bits per heavy atom. The molecular weight excluding hydrogens is 148 g/mol. The van der Waals surface area contributed by atoms with Gasteiger partial charge in [0.15, 0.2) is 0 Å². The largest absolute Gasteiger partial charge is 0.402 e. The molecule has 2 nitrogen and oxygen atoms in total. The normalized spacial score (nSPS) is 16.0. The number of hydrogen-bond donors (Lipinski definition) is 2. The fourth-order valence-electron chi connectivity index (χ4n) is 0.913. The summed E-state index contributed by atoms with van der Waals surface area (Å²) >= 11 is 0. The molecule has 0 radical (unpaired) electrons. The summed E-state index contributed by atoms with van der Waals surface area (Å²) in [6.07, 6.45) is 4.99. The predicted molar refractivity (Wildman–Crippen MR) is 54.5 cm³/mol. The molecule has 0 fully saturated rings. The second kappa shape index (κ2) is 5.70. The number of rotatable bonds is 4. The van der Waals surface area contributed by atoms with E-state index in [1.54, 1.807) is 0 Å². The number of hydrogen-bond acceptors (Lipinski definition) is 2. The van der Waals surface area contributed by atoms with Crippen molar-refractivity contribution in [2.45, 2.75) is 27.2 Å². The summed E-state index contributed by atoms with van der Waals surface area (Å²) in [5, 5.41) is 2.94. The zero-order chi connectivity index (χ0) is 9.56. The van der Waals surface area contributed by atoms with E-state index in [0.717, 1.165) is 17.7 Å². The van der Waals surface area contributed by atoms with Crippen molar-refractivity contribution in [1.82, 2.24) is 5.32 Å². The van der Waals surface area contributed by atoms with Crippen LogP contribution in [0.5, 0.6) is 0 Å². The Kier molecular flexibility index (Phi) is 5.26. The van der Waals surface area contributed by atoms with Crippen LogP contribution < -0.4 is 11.1 Å². The van der Waals surface area contributed by atoms with Gasteiger partial charge in [-0.2, -0.15) is 0 Å². The third kappa shape index (κ3) is 3.46. The molecule has 0 aromatic carbocycles. The van der Waals surface area contributed by atoms with Crippen LogP contribution in [0.1, 0.15) is 27.2 Å². The maximum Gasteiger partial charge on any atom is 0.0139 e. The molecule has 1 atom stereocenters. The summed E-state index contributed by atoms with van der Waals surface area (Å²) in [6.45, 7) is 6.33. The van der Waals surface area contributed by atoms with Crippen molar-refractivity contribution in [3.63, 3.8) is 0 Å². The number of nitrogens with one attached hydrogen (secondary N) is 1. The summed E-state index contributed by atoms with van der Waals surface area (Å²) in [4.78, 5) is 0. The zero-order valence-electron chi connectivity index (χ0n) is 8.52. The van der Waals surface area contributed by atoms with Crippen LogP contribution in [0.15, 0.2) is 23.5 Å². The maximum atomic E-state index is 5.91. The molecule has 12 heavy (non-hydrogen) atoms. The monoisotopic (exact) mass is 168 g/mol. The van der Waals surface area contributed by atoms with E-state index in [1.807, 2.05) is 26.2 Å². The topological polar surface area (TPSA) is 38.0 Å². The Labute approximate surface area is 75.5 Å². The molecule has 0 spiro atoms. The minimum absolute atomic E-state index is 0.478. The molecule has 0 saturated heterocycles. The fraction of sp³-hybridized carbons (Fsp3) is 0.600. The summed E-state index contributed by atoms with van der Waals surface area (Å²) in [5.41, 5.74) is 8.05. The number of allylic oxidation sites excluding steroid dienone is 3. The van der Waals surface area contributed by atoms with Crippen LogP contribution in [-0.4, -0.2) is 7.05 Å². The predicted octanol–water partition coefficient (Wildman–Crippen LogP) is 2.00. The van der Waals surface area contributed by atoms with Crippen molar-refractivity contribution in [3.8, 4) is 0 Å². The third-order valence-electron chi connectivity index (χ3n) is 2.10. The van der Waals surface area contributed by atoms with Crippen LogP contribution in [0.2, 0.25) is 0 Å². The summed E-state index contributed by atoms with van der Waals surface area (Å²) in [5.74, 6) is 0.478. The Balaban J connectivity index is 4.34. The van der Waals surface area contributed by atoms with Crippen molar-refractivity contribution < 1.29 is 0 Å². The first-order valence-electron chi connectivity index (χ1n) is 4.43. The highest BCUT2D eigenvalue weighted by molar-refractivity contribution is 5.22. The Bertz CT molecular complexity index is 180. The van der Waals surface area contributed by atoms with Crippen molar-refractivity contribution in [3.05, 3.63) is 23.5 Å². The first kappa shape index (κ1) is 11.1. The lowest BCUT2D eigenvalue weighted by molar-refractivity contribution is 0.642. The van der Waals surface area contributed by atoms with Gasteiger partial charge in [-0.3, -0.25) is 0 Å². The molecule has 0 bridgehead atoms. The average molecular weight is 168 g/mol. The van der Waals surface area contributed by atoms with Gasteiger partial charge < -0.3 is 11.1 Å². The van der Waals surface area contributed by atoms with Gasteiger partial charge >= 0.3 is 0 Å². The van der Waals surface area contributed by atoms with Crippen LogP contribution in [0.3, 0.4) is 0 Å². The molecule has 0 aromatic rings. The lowest BCUT2D eigenvalue weighted by Crippen LogP contribution is -2.09. The minimum atomic E-state index is 0.478. The van der Waals surface area contributed by atoms with E-state index in [1.165, 1.54) is 0 Å². The smallest absolute Gasteiger partial charge is 0.0139 e. The minimum Gasteiger partial charge on any atom is -0.402 e. The van der Waals surface area contributed by atoms with Crippen LogP contribution >= 0.6 is 0 Å². The van der Waals surface area contributed by atoms with Gasteiger partial charge in [-0.25, -0.2) is 0 Å². The van der Waals surface area contributed by atoms with E-state index in [0.29, 0.717) is 5.92 Å². The third-order valence-corrected chi connectivity index (χ3v) is 2.10. The Morgan fingerprint density at radius 2 is 2.17 bits per heavy atom. The van der Waals surface area contributed by atoms with Gasteiger partial charge in [0.25, 0.3) is 0 Å². The van der Waals surface area contributed by atoms with Crippen LogP contribution in [0, 0.1) is 5.92 Å². The molecule has 0 saturated carbocycles. The first-order valence-corrected chi connectivity index (χ1v) is 4.43. The highest BCUT2D eigenvalue weighted by Crippen LogP contribution is 2.13. The van der Waals surface area contributed by atoms with Crippen LogP contribution in [0.4, 0.5) is 0 Å². The molecule has 0 aliphatic heterocycles. The van der Waals surface area contributed by atoms with Crippen molar-refractivity contribution in [2.24, 2.45) is 11.7 Å². The van der Waals surface area contributed by atoms with Gasteiger partial charge in [0, 0.05) is 12.7 Å². The Morgan fingerprint density at radius 3 is 2.58 bits per heavy atom. The van der Waals surface area contributed by atoms with E-state index < -0.39 is 0 Å². The second-order valence-corrected chi connectivity index (χ2v) is 3.07. The van der Waals surface area contributed by atoms with Gasteiger partial charge in [0.1, 0.15) is 0 Å². The van der Waals surface area contributed by atoms with Crippen molar-refractivity contribution >= 4 is 0 Å². The molecule has 0 amide bonds. The maximum absolute atomic E-state index is 5.91. The lowest BCUT2D eigenvalue weighted by atomic mass is 10.0. The summed E-state index contributed by atoms with van der Waals surface area (Å²) in [6, 6.07) is 0. The molecular formula is C10H20N2. The molecule has 0 aromatic heterocycles. The van der Waals surface area contributed by atoms with Crippen LogP contribution in [0.25, 0.3) is 0 Å². The van der Waals surface area contributed by atoms with E-state index in [4.69, 9.17) is 5.73 Å². The standard InChI is InChI=1S/C10H20N2/c1-5-8(2)10(11)9(3)6-7-12-4/h6-8,12H,5,11H2,1-4H3/b7-6-,10-9-. The molecule has 0 aliphatic carbocycles. The van der Waals surface area contributed by atoms with Crippen LogP contribution in [-0.2, 0) is 0 Å². The quantitative estimate of drug-likeness (QED) is 0.630. The zero-order valence-corrected chi connectivity index (χ0v) is 8.52. The second-order valence-electron chi connectivity index (χ2n) is 3.07. The van der Waals surface area contributed by atoms with Gasteiger partial charge in [0.05, 0.1) is 0 Å². The molecule has 0 rings (SSSR count). The fourth-order valence-corrected chi connectivity index (χ4v) is 0.913. The summed E-state index contributed by atoms with van der Waals surface area (Å²) in [7, 11) is 1.88. The molecule has 0 heterocycles. The van der Waals surface area contributed by atoms with Gasteiger partial charge in [0.2, 0.25) is 0 Å². The van der Waals surface area contributed by atoms with E-state index in [2.05, 4.69) is 19.2 Å². The van der Waals surface area contributed by atoms with E-state index >= 15 is 0 Å². The molecule has 2 heteroatoms. The highest BCUT2D eigenvalue weighted by Gasteiger charge is 2.03. The molecule has 70 valence electrons.